The van der Waals surface area contributed by atoms with Gasteiger partial charge in [-0.15, -0.1) is 0 Å². The number of hydrogen-bond acceptors (Lipinski definition) is 3. The first kappa shape index (κ1) is 10.7. The van der Waals surface area contributed by atoms with Gasteiger partial charge in [0.25, 0.3) is 0 Å². The molecule has 0 fully saturated rings. The number of aromatic nitrogens is 4. The second-order valence-electron chi connectivity index (χ2n) is 2.92. The molecule has 4 nitrogen and oxygen atoms in total. The van der Waals surface area contributed by atoms with Crippen molar-refractivity contribution >= 4 is 11.2 Å². The van der Waals surface area contributed by atoms with Crippen molar-refractivity contribution < 1.29 is 22.0 Å². The Balaban J connectivity index is 2.56. The van der Waals surface area contributed by atoms with Crippen molar-refractivity contribution in [2.24, 2.45) is 0 Å². The lowest BCUT2D eigenvalue weighted by Gasteiger charge is -2.16. The van der Waals surface area contributed by atoms with Gasteiger partial charge in [-0.25, -0.2) is 15.0 Å². The van der Waals surface area contributed by atoms with Crippen molar-refractivity contribution in [1.29, 1.82) is 0 Å². The molecular formula is C7H3F5N4. The third-order valence-electron chi connectivity index (χ3n) is 1.82. The number of imidazole rings is 1. The molecule has 1 N–H and O–H groups in total. The molecule has 2 aromatic rings. The van der Waals surface area contributed by atoms with Crippen LogP contribution in [0.25, 0.3) is 11.2 Å². The first-order valence-electron chi connectivity index (χ1n) is 3.93. The van der Waals surface area contributed by atoms with E-state index in [0.717, 1.165) is 12.5 Å². The van der Waals surface area contributed by atoms with Crippen LogP contribution in [-0.4, -0.2) is 26.1 Å². The SMILES string of the molecule is FC(F)(F)C(F)(F)c1nc2ncncc2[nH]1. The highest BCUT2D eigenvalue weighted by atomic mass is 19.4. The quantitative estimate of drug-likeness (QED) is 0.773. The molecule has 0 spiro atoms. The maximum absolute atomic E-state index is 12.8. The molecule has 0 aromatic carbocycles. The summed E-state index contributed by atoms with van der Waals surface area (Å²) in [7, 11) is 0. The number of H-pyrrole nitrogens is 1. The average molecular weight is 238 g/mol. The summed E-state index contributed by atoms with van der Waals surface area (Å²) in [5, 5.41) is 0. The van der Waals surface area contributed by atoms with Gasteiger partial charge in [0.15, 0.2) is 11.5 Å². The van der Waals surface area contributed by atoms with Gasteiger partial charge in [-0.2, -0.15) is 22.0 Å². The summed E-state index contributed by atoms with van der Waals surface area (Å²) in [4.78, 5) is 11.8. The van der Waals surface area contributed by atoms with Gasteiger partial charge in [0.1, 0.15) is 11.8 Å². The zero-order valence-corrected chi connectivity index (χ0v) is 7.39. The predicted octanol–water partition coefficient (Wildman–Crippen LogP) is 2.01. The Hall–Kier alpha value is -1.80. The van der Waals surface area contributed by atoms with Gasteiger partial charge in [-0.3, -0.25) is 0 Å². The van der Waals surface area contributed by atoms with Crippen LogP contribution in [0.5, 0.6) is 0 Å². The van der Waals surface area contributed by atoms with Crippen LogP contribution in [0.4, 0.5) is 22.0 Å². The lowest BCUT2D eigenvalue weighted by Crippen LogP contribution is -2.34. The lowest BCUT2D eigenvalue weighted by molar-refractivity contribution is -0.292. The van der Waals surface area contributed by atoms with Crippen molar-refractivity contribution in [1.82, 2.24) is 19.9 Å². The van der Waals surface area contributed by atoms with Gasteiger partial charge in [-0.1, -0.05) is 0 Å². The number of fused-ring (bicyclic) bond motifs is 1. The van der Waals surface area contributed by atoms with Crippen LogP contribution in [0, 0.1) is 0 Å². The minimum Gasteiger partial charge on any atom is -0.334 e. The summed E-state index contributed by atoms with van der Waals surface area (Å²) in [5.74, 6) is -6.52. The Morgan fingerprint density at radius 3 is 2.38 bits per heavy atom. The fraction of sp³-hybridized carbons (Fsp3) is 0.286. The maximum atomic E-state index is 12.8. The number of aromatic amines is 1. The molecule has 0 radical (unpaired) electrons. The van der Waals surface area contributed by atoms with Crippen molar-refractivity contribution in [2.75, 3.05) is 0 Å². The smallest absolute Gasteiger partial charge is 0.334 e. The Kier molecular flexibility index (Phi) is 2.07. The summed E-state index contributed by atoms with van der Waals surface area (Å²) in [5.41, 5.74) is -0.324. The van der Waals surface area contributed by atoms with E-state index in [1.54, 1.807) is 0 Å². The van der Waals surface area contributed by atoms with Crippen molar-refractivity contribution in [2.45, 2.75) is 12.1 Å². The Labute approximate surface area is 84.5 Å². The topological polar surface area (TPSA) is 54.5 Å². The summed E-state index contributed by atoms with van der Waals surface area (Å²) in [6.45, 7) is 0. The summed E-state index contributed by atoms with van der Waals surface area (Å²) in [6.07, 6.45) is -3.64. The minimum atomic E-state index is -5.70. The van der Waals surface area contributed by atoms with Crippen LogP contribution in [-0.2, 0) is 5.92 Å². The van der Waals surface area contributed by atoms with E-state index in [1.807, 2.05) is 4.98 Å². The largest absolute Gasteiger partial charge is 0.461 e. The minimum absolute atomic E-state index is 0.0820. The van der Waals surface area contributed by atoms with Gasteiger partial charge in [0.2, 0.25) is 0 Å². The van der Waals surface area contributed by atoms with Gasteiger partial charge < -0.3 is 4.98 Å². The molecule has 16 heavy (non-hydrogen) atoms. The predicted molar refractivity (Wildman–Crippen MR) is 41.6 cm³/mol. The van der Waals surface area contributed by atoms with E-state index >= 15 is 0 Å². The molecule has 0 aliphatic carbocycles. The number of nitrogens with zero attached hydrogens (tertiary/aromatic N) is 3. The molecule has 0 amide bonds. The Morgan fingerprint density at radius 2 is 1.81 bits per heavy atom. The first-order valence-corrected chi connectivity index (χ1v) is 3.93. The third-order valence-corrected chi connectivity index (χ3v) is 1.82. The molecule has 0 aliphatic heterocycles. The molecule has 0 saturated carbocycles. The molecule has 0 unspecified atom stereocenters. The fourth-order valence-electron chi connectivity index (χ4n) is 1.04. The van der Waals surface area contributed by atoms with E-state index in [0.29, 0.717) is 0 Å². The summed E-state index contributed by atoms with van der Waals surface area (Å²) >= 11 is 0. The normalized spacial score (nSPS) is 13.3. The van der Waals surface area contributed by atoms with Crippen LogP contribution in [0.2, 0.25) is 0 Å². The molecule has 9 heteroatoms. The van der Waals surface area contributed by atoms with E-state index < -0.39 is 17.9 Å². The monoisotopic (exact) mass is 238 g/mol. The Bertz CT molecular complexity index is 484. The summed E-state index contributed by atoms with van der Waals surface area (Å²) in [6, 6.07) is 0. The van der Waals surface area contributed by atoms with E-state index in [4.69, 9.17) is 0 Å². The fourth-order valence-corrected chi connectivity index (χ4v) is 1.04. The summed E-state index contributed by atoms with van der Waals surface area (Å²) < 4.78 is 61.7. The van der Waals surface area contributed by atoms with E-state index in [-0.39, 0.29) is 11.2 Å². The molecule has 2 heterocycles. The highest BCUT2D eigenvalue weighted by Gasteiger charge is 2.61. The van der Waals surface area contributed by atoms with Gasteiger partial charge in [-0.05, 0) is 0 Å². The second-order valence-corrected chi connectivity index (χ2v) is 2.92. The number of nitrogens with one attached hydrogen (secondary N) is 1. The first-order chi connectivity index (χ1) is 7.32. The Morgan fingerprint density at radius 1 is 1.12 bits per heavy atom. The molecule has 0 saturated heterocycles. The van der Waals surface area contributed by atoms with Gasteiger partial charge in [0.05, 0.1) is 6.20 Å². The molecule has 2 rings (SSSR count). The van der Waals surface area contributed by atoms with Crippen LogP contribution in [0.15, 0.2) is 12.5 Å². The number of hydrogen-bond donors (Lipinski definition) is 1. The average Bonchev–Trinajstić information content (AvgIpc) is 2.59. The van der Waals surface area contributed by atoms with Gasteiger partial charge >= 0.3 is 12.1 Å². The molecular weight excluding hydrogens is 235 g/mol. The molecule has 0 atom stereocenters. The highest BCUT2D eigenvalue weighted by Crippen LogP contribution is 2.42. The zero-order chi connectivity index (χ0) is 12.0. The standard InChI is InChI=1S/C7H3F5N4/c8-6(9,7(10,11)12)5-15-3-1-13-2-14-4(3)16-5/h1-2H,(H,13,14,15,16). The number of rotatable bonds is 1. The molecule has 2 aromatic heterocycles. The third kappa shape index (κ3) is 1.48. The van der Waals surface area contributed by atoms with Crippen LogP contribution in [0.1, 0.15) is 5.82 Å². The molecule has 0 aliphatic rings. The molecule has 0 bridgehead atoms. The second kappa shape index (κ2) is 3.09. The van der Waals surface area contributed by atoms with E-state index in [9.17, 15) is 22.0 Å². The van der Waals surface area contributed by atoms with Crippen LogP contribution < -0.4 is 0 Å². The van der Waals surface area contributed by atoms with Crippen molar-refractivity contribution in [3.63, 3.8) is 0 Å². The van der Waals surface area contributed by atoms with Crippen LogP contribution in [0.3, 0.4) is 0 Å². The zero-order valence-electron chi connectivity index (χ0n) is 7.39. The van der Waals surface area contributed by atoms with Gasteiger partial charge in [0, 0.05) is 0 Å². The number of halogens is 5. The lowest BCUT2D eigenvalue weighted by atomic mass is 10.3. The van der Waals surface area contributed by atoms with Crippen LogP contribution >= 0.6 is 0 Å². The van der Waals surface area contributed by atoms with Crippen molar-refractivity contribution in [3.8, 4) is 0 Å². The number of alkyl halides is 5. The van der Waals surface area contributed by atoms with E-state index in [1.165, 1.54) is 0 Å². The maximum Gasteiger partial charge on any atom is 0.461 e. The molecule has 86 valence electrons. The van der Waals surface area contributed by atoms with E-state index in [2.05, 4.69) is 15.0 Å². The van der Waals surface area contributed by atoms with Crippen molar-refractivity contribution in [3.05, 3.63) is 18.3 Å². The highest BCUT2D eigenvalue weighted by molar-refractivity contribution is 5.68.